The molecule has 1 rings (SSSR count). The van der Waals surface area contributed by atoms with Crippen molar-refractivity contribution in [2.45, 2.75) is 26.7 Å². The van der Waals surface area contributed by atoms with Gasteiger partial charge in [0, 0.05) is 33.4 Å². The van der Waals surface area contributed by atoms with Crippen LogP contribution in [-0.4, -0.2) is 33.0 Å². The molecule has 0 atom stereocenters. The summed E-state index contributed by atoms with van der Waals surface area (Å²) < 4.78 is 2.22. The van der Waals surface area contributed by atoms with E-state index in [0.29, 0.717) is 13.1 Å². The van der Waals surface area contributed by atoms with Gasteiger partial charge >= 0.3 is 5.69 Å². The van der Waals surface area contributed by atoms with Crippen molar-refractivity contribution in [3.63, 3.8) is 0 Å². The maximum absolute atomic E-state index is 12.4. The van der Waals surface area contributed by atoms with E-state index in [1.165, 1.54) is 24.9 Å². The molecule has 106 valence electrons. The van der Waals surface area contributed by atoms with Crippen LogP contribution in [0.2, 0.25) is 0 Å². The molecule has 0 saturated carbocycles. The molecule has 0 N–H and O–H groups in total. The molecule has 1 amide bonds. The lowest BCUT2D eigenvalue weighted by atomic mass is 10.2. The Kier molecular flexibility index (Phi) is 5.09. The maximum Gasteiger partial charge on any atom is 0.330 e. The zero-order chi connectivity index (χ0) is 14.6. The highest BCUT2D eigenvalue weighted by Gasteiger charge is 2.19. The molecule has 1 heterocycles. The minimum absolute atomic E-state index is 0.0477. The molecule has 0 radical (unpaired) electrons. The summed E-state index contributed by atoms with van der Waals surface area (Å²) in [5, 5.41) is 0. The monoisotopic (exact) mass is 267 g/mol. The summed E-state index contributed by atoms with van der Waals surface area (Å²) in [5.41, 5.74) is -0.920. The van der Waals surface area contributed by atoms with Gasteiger partial charge in [-0.1, -0.05) is 13.8 Å². The summed E-state index contributed by atoms with van der Waals surface area (Å²) in [4.78, 5) is 37.6. The van der Waals surface area contributed by atoms with Crippen LogP contribution in [0.1, 0.15) is 37.0 Å². The van der Waals surface area contributed by atoms with E-state index in [1.807, 2.05) is 13.8 Å². The second kappa shape index (κ2) is 6.36. The second-order valence-electron chi connectivity index (χ2n) is 4.59. The van der Waals surface area contributed by atoms with Crippen LogP contribution in [0.5, 0.6) is 0 Å². The third-order valence-corrected chi connectivity index (χ3v) is 2.95. The van der Waals surface area contributed by atoms with Gasteiger partial charge in [-0.15, -0.1) is 0 Å². The zero-order valence-electron chi connectivity index (χ0n) is 12.0. The average molecular weight is 267 g/mol. The summed E-state index contributed by atoms with van der Waals surface area (Å²) in [7, 11) is 2.91. The van der Waals surface area contributed by atoms with Crippen molar-refractivity contribution in [3.05, 3.63) is 32.6 Å². The maximum atomic E-state index is 12.4. The van der Waals surface area contributed by atoms with E-state index in [4.69, 9.17) is 0 Å². The van der Waals surface area contributed by atoms with E-state index in [-0.39, 0.29) is 11.5 Å². The first kappa shape index (κ1) is 15.2. The lowest BCUT2D eigenvalue weighted by Crippen LogP contribution is -2.43. The summed E-state index contributed by atoms with van der Waals surface area (Å²) in [5.74, 6) is -0.306. The molecule has 6 nitrogen and oxygen atoms in total. The molecule has 0 unspecified atom stereocenters. The molecule has 6 heteroatoms. The minimum Gasteiger partial charge on any atom is -0.338 e. The number of aromatic nitrogens is 2. The number of carbonyl (C=O) groups is 1. The fourth-order valence-electron chi connectivity index (χ4n) is 1.98. The Bertz CT molecular complexity index is 565. The number of nitrogens with zero attached hydrogens (tertiary/aromatic N) is 3. The highest BCUT2D eigenvalue weighted by atomic mass is 16.2. The number of hydrogen-bond donors (Lipinski definition) is 0. The van der Waals surface area contributed by atoms with Crippen molar-refractivity contribution >= 4 is 5.91 Å². The number of amides is 1. The zero-order valence-corrected chi connectivity index (χ0v) is 12.0. The van der Waals surface area contributed by atoms with Crippen LogP contribution in [0.25, 0.3) is 0 Å². The van der Waals surface area contributed by atoms with Crippen LogP contribution < -0.4 is 11.2 Å². The molecular weight excluding hydrogens is 246 g/mol. The molecule has 1 aromatic heterocycles. The van der Waals surface area contributed by atoms with Crippen LogP contribution in [0.4, 0.5) is 0 Å². The van der Waals surface area contributed by atoms with Crippen molar-refractivity contribution < 1.29 is 4.79 Å². The average Bonchev–Trinajstić information content (AvgIpc) is 2.39. The molecular formula is C13H21N3O3. The molecule has 0 aliphatic heterocycles. The third-order valence-electron chi connectivity index (χ3n) is 2.95. The second-order valence-corrected chi connectivity index (χ2v) is 4.59. The molecule has 0 bridgehead atoms. The predicted molar refractivity (Wildman–Crippen MR) is 73.4 cm³/mol. The standard InChI is InChI=1S/C13H21N3O3/c1-5-7-16(8-6-2)12(18)10-9-14(3)13(19)15(4)11(10)17/h9H,5-8H2,1-4H3. The van der Waals surface area contributed by atoms with Gasteiger partial charge in [0.05, 0.1) is 0 Å². The fourth-order valence-corrected chi connectivity index (χ4v) is 1.98. The Balaban J connectivity index is 3.26. The van der Waals surface area contributed by atoms with Gasteiger partial charge in [-0.2, -0.15) is 0 Å². The lowest BCUT2D eigenvalue weighted by molar-refractivity contribution is 0.0752. The normalized spacial score (nSPS) is 10.5. The summed E-state index contributed by atoms with van der Waals surface area (Å²) in [6.07, 6.45) is 2.99. The summed E-state index contributed by atoms with van der Waals surface area (Å²) in [6, 6.07) is 0. The number of carbonyl (C=O) groups excluding carboxylic acids is 1. The largest absolute Gasteiger partial charge is 0.338 e. The van der Waals surface area contributed by atoms with Crippen molar-refractivity contribution in [3.8, 4) is 0 Å². The highest BCUT2D eigenvalue weighted by molar-refractivity contribution is 5.93. The summed E-state index contributed by atoms with van der Waals surface area (Å²) in [6.45, 7) is 5.18. The van der Waals surface area contributed by atoms with E-state index in [1.54, 1.807) is 4.90 Å². The number of hydrogen-bond acceptors (Lipinski definition) is 3. The van der Waals surface area contributed by atoms with Gasteiger partial charge in [0.1, 0.15) is 5.56 Å². The van der Waals surface area contributed by atoms with E-state index in [2.05, 4.69) is 0 Å². The van der Waals surface area contributed by atoms with Crippen molar-refractivity contribution in [1.29, 1.82) is 0 Å². The number of rotatable bonds is 5. The summed E-state index contributed by atoms with van der Waals surface area (Å²) >= 11 is 0. The van der Waals surface area contributed by atoms with Crippen LogP contribution in [0, 0.1) is 0 Å². The van der Waals surface area contributed by atoms with Crippen molar-refractivity contribution in [2.24, 2.45) is 14.1 Å². The van der Waals surface area contributed by atoms with Crippen molar-refractivity contribution in [2.75, 3.05) is 13.1 Å². The first-order valence-corrected chi connectivity index (χ1v) is 6.49. The van der Waals surface area contributed by atoms with Gasteiger partial charge in [-0.25, -0.2) is 4.79 Å². The lowest BCUT2D eigenvalue weighted by Gasteiger charge is -2.21. The van der Waals surface area contributed by atoms with E-state index >= 15 is 0 Å². The Labute approximate surface area is 112 Å². The molecule has 0 fully saturated rings. The number of aryl methyl sites for hydroxylation is 1. The highest BCUT2D eigenvalue weighted by Crippen LogP contribution is 2.01. The van der Waals surface area contributed by atoms with Crippen LogP contribution in [0.3, 0.4) is 0 Å². The molecule has 0 saturated heterocycles. The predicted octanol–water partition coefficient (Wildman–Crippen LogP) is 0.346. The molecule has 0 spiro atoms. The van der Waals surface area contributed by atoms with Gasteiger partial charge in [0.2, 0.25) is 0 Å². The molecule has 19 heavy (non-hydrogen) atoms. The van der Waals surface area contributed by atoms with Crippen molar-refractivity contribution in [1.82, 2.24) is 14.0 Å². The Hall–Kier alpha value is -1.85. The smallest absolute Gasteiger partial charge is 0.330 e. The fraction of sp³-hybridized carbons (Fsp3) is 0.615. The molecule has 1 aromatic rings. The molecule has 0 aliphatic rings. The molecule has 0 aliphatic carbocycles. The van der Waals surface area contributed by atoms with Crippen LogP contribution >= 0.6 is 0 Å². The van der Waals surface area contributed by atoms with E-state index < -0.39 is 11.2 Å². The van der Waals surface area contributed by atoms with E-state index in [9.17, 15) is 14.4 Å². The van der Waals surface area contributed by atoms with E-state index in [0.717, 1.165) is 17.4 Å². The van der Waals surface area contributed by atoms with Crippen LogP contribution in [0.15, 0.2) is 15.8 Å². The van der Waals surface area contributed by atoms with Gasteiger partial charge < -0.3 is 9.47 Å². The Morgan fingerprint density at radius 2 is 1.68 bits per heavy atom. The van der Waals surface area contributed by atoms with Gasteiger partial charge in [-0.05, 0) is 12.8 Å². The molecule has 0 aromatic carbocycles. The SMILES string of the molecule is CCCN(CCC)C(=O)c1cn(C)c(=O)n(C)c1=O. The third kappa shape index (κ3) is 3.13. The Morgan fingerprint density at radius 1 is 1.16 bits per heavy atom. The first-order chi connectivity index (χ1) is 8.93. The van der Waals surface area contributed by atoms with Gasteiger partial charge in [0.25, 0.3) is 11.5 Å². The quantitative estimate of drug-likeness (QED) is 0.773. The minimum atomic E-state index is -0.537. The first-order valence-electron chi connectivity index (χ1n) is 6.49. The van der Waals surface area contributed by atoms with Crippen LogP contribution in [-0.2, 0) is 14.1 Å². The Morgan fingerprint density at radius 3 is 2.16 bits per heavy atom. The van der Waals surface area contributed by atoms with Gasteiger partial charge in [-0.3, -0.25) is 14.2 Å². The van der Waals surface area contributed by atoms with Gasteiger partial charge in [0.15, 0.2) is 0 Å². The topological polar surface area (TPSA) is 64.3 Å².